The minimum absolute atomic E-state index is 0.136. The summed E-state index contributed by atoms with van der Waals surface area (Å²) in [5.74, 6) is -0.751. The maximum Gasteiger partial charge on any atom is 0.254 e. The van der Waals surface area contributed by atoms with Crippen molar-refractivity contribution < 1.29 is 14.4 Å². The Morgan fingerprint density at radius 1 is 0.917 bits per heavy atom. The molecule has 8 heteroatoms. The number of carbonyl (C=O) groups is 3. The van der Waals surface area contributed by atoms with Gasteiger partial charge in [0.1, 0.15) is 6.04 Å². The summed E-state index contributed by atoms with van der Waals surface area (Å²) in [6, 6.07) is 31.3. The third kappa shape index (κ3) is 10.2. The van der Waals surface area contributed by atoms with E-state index >= 15 is 0 Å². The molecule has 48 heavy (non-hydrogen) atoms. The van der Waals surface area contributed by atoms with Crippen LogP contribution in [0.1, 0.15) is 59.3 Å². The maximum atomic E-state index is 13.3. The number of nitrogens with one attached hydrogen (secondary N) is 1. The van der Waals surface area contributed by atoms with E-state index in [0.717, 1.165) is 30.5 Å². The van der Waals surface area contributed by atoms with Crippen LogP contribution in [0.3, 0.4) is 0 Å². The smallest absolute Gasteiger partial charge is 0.254 e. The predicted octanol–water partition coefficient (Wildman–Crippen LogP) is 5.60. The van der Waals surface area contributed by atoms with Crippen LogP contribution in [0, 0.1) is 6.92 Å². The normalized spacial score (nSPS) is 15.6. The number of likely N-dealkylation sites (tertiary alicyclic amines) is 1. The van der Waals surface area contributed by atoms with Crippen LogP contribution < -0.4 is 11.1 Å². The number of fused-ring (bicyclic) bond motifs is 1. The number of rotatable bonds is 11. The summed E-state index contributed by atoms with van der Waals surface area (Å²) < 4.78 is 0. The zero-order valence-corrected chi connectivity index (χ0v) is 29.1. The number of carbonyl (C=O) groups excluding carboxylic acids is 3. The molecule has 1 heterocycles. The highest BCUT2D eigenvalue weighted by molar-refractivity contribution is 5.97. The van der Waals surface area contributed by atoms with Gasteiger partial charge in [-0.15, -0.1) is 0 Å². The molecule has 3 amide bonds. The molecule has 0 saturated carbocycles. The predicted molar refractivity (Wildman–Crippen MR) is 195 cm³/mol. The van der Waals surface area contributed by atoms with E-state index < -0.39 is 6.04 Å². The molecule has 1 aliphatic rings. The molecule has 1 fully saturated rings. The average molecular weight is 650 g/mol. The molecule has 3 atom stereocenters. The topological polar surface area (TPSA) is 99.0 Å². The molecular formula is C40H51N5O3. The molecule has 4 aromatic carbocycles. The van der Waals surface area contributed by atoms with Crippen LogP contribution in [0.15, 0.2) is 97.1 Å². The quantitative estimate of drug-likeness (QED) is 0.221. The first-order valence-electron chi connectivity index (χ1n) is 16.9. The van der Waals surface area contributed by atoms with Crippen molar-refractivity contribution in [1.29, 1.82) is 0 Å². The summed E-state index contributed by atoms with van der Waals surface area (Å²) in [7, 11) is 5.35. The zero-order valence-electron chi connectivity index (χ0n) is 29.1. The monoisotopic (exact) mass is 649 g/mol. The van der Waals surface area contributed by atoms with Gasteiger partial charge in [-0.2, -0.15) is 0 Å². The molecule has 3 N–H and O–H groups in total. The second-order valence-electron chi connectivity index (χ2n) is 13.0. The van der Waals surface area contributed by atoms with E-state index in [1.807, 2.05) is 43.3 Å². The summed E-state index contributed by atoms with van der Waals surface area (Å²) in [5.41, 5.74) is 9.57. The number of benzene rings is 4. The van der Waals surface area contributed by atoms with Gasteiger partial charge in [-0.1, -0.05) is 90.5 Å². The molecule has 4 aromatic rings. The van der Waals surface area contributed by atoms with E-state index in [1.54, 1.807) is 32.3 Å². The Morgan fingerprint density at radius 2 is 1.62 bits per heavy atom. The van der Waals surface area contributed by atoms with E-state index in [0.29, 0.717) is 24.6 Å². The largest absolute Gasteiger partial charge is 0.354 e. The Morgan fingerprint density at radius 3 is 2.31 bits per heavy atom. The molecule has 8 nitrogen and oxygen atoms in total. The fourth-order valence-corrected chi connectivity index (χ4v) is 6.11. The van der Waals surface area contributed by atoms with Crippen molar-refractivity contribution >= 4 is 28.5 Å². The molecule has 5 rings (SSSR count). The summed E-state index contributed by atoms with van der Waals surface area (Å²) in [6.45, 7) is 5.50. The van der Waals surface area contributed by atoms with Crippen LogP contribution in [-0.2, 0) is 16.0 Å². The van der Waals surface area contributed by atoms with Crippen molar-refractivity contribution in [2.75, 3.05) is 40.8 Å². The first-order valence-corrected chi connectivity index (χ1v) is 16.9. The number of likely N-dealkylation sites (N-methyl/N-ethyl adjacent to an activating group) is 2. The molecule has 0 radical (unpaired) electrons. The van der Waals surface area contributed by atoms with Crippen LogP contribution in [0.25, 0.3) is 10.8 Å². The molecular weight excluding hydrogens is 598 g/mol. The number of hydrogen-bond acceptors (Lipinski definition) is 5. The van der Waals surface area contributed by atoms with E-state index in [9.17, 15) is 14.4 Å². The number of hydrogen-bond donors (Lipinski definition) is 2. The Labute approximate surface area is 285 Å². The van der Waals surface area contributed by atoms with Crippen molar-refractivity contribution in [3.05, 3.63) is 119 Å². The van der Waals surface area contributed by atoms with Crippen LogP contribution in [0.2, 0.25) is 0 Å². The lowest BCUT2D eigenvalue weighted by Gasteiger charge is -2.29. The lowest BCUT2D eigenvalue weighted by atomic mass is 10.0. The Balaban J connectivity index is 0.000000395. The van der Waals surface area contributed by atoms with Gasteiger partial charge in [0.15, 0.2) is 0 Å². The van der Waals surface area contributed by atoms with Crippen molar-refractivity contribution in [3.8, 4) is 0 Å². The van der Waals surface area contributed by atoms with Crippen LogP contribution in [0.4, 0.5) is 0 Å². The summed E-state index contributed by atoms with van der Waals surface area (Å²) in [5, 5.41) is 5.70. The number of nitrogens with zero attached hydrogens (tertiary/aromatic N) is 3. The molecule has 1 saturated heterocycles. The highest BCUT2D eigenvalue weighted by atomic mass is 16.2. The van der Waals surface area contributed by atoms with E-state index in [2.05, 4.69) is 66.7 Å². The lowest BCUT2D eigenvalue weighted by Crippen LogP contribution is -2.52. The van der Waals surface area contributed by atoms with Crippen LogP contribution in [0.5, 0.6) is 0 Å². The third-order valence-corrected chi connectivity index (χ3v) is 9.17. The second kappa shape index (κ2) is 17.6. The van der Waals surface area contributed by atoms with Gasteiger partial charge in [0.2, 0.25) is 11.8 Å². The molecule has 254 valence electrons. The van der Waals surface area contributed by atoms with Crippen molar-refractivity contribution in [1.82, 2.24) is 20.0 Å². The van der Waals surface area contributed by atoms with Crippen molar-refractivity contribution in [2.24, 2.45) is 5.73 Å². The van der Waals surface area contributed by atoms with Gasteiger partial charge in [0.05, 0.1) is 6.54 Å². The van der Waals surface area contributed by atoms with Crippen molar-refractivity contribution in [3.63, 3.8) is 0 Å². The summed E-state index contributed by atoms with van der Waals surface area (Å²) in [4.78, 5) is 44.7. The molecule has 3 unspecified atom stereocenters. The maximum absolute atomic E-state index is 13.3. The van der Waals surface area contributed by atoms with E-state index in [4.69, 9.17) is 5.73 Å². The van der Waals surface area contributed by atoms with Gasteiger partial charge in [-0.25, -0.2) is 0 Å². The van der Waals surface area contributed by atoms with Gasteiger partial charge in [-0.05, 0) is 80.7 Å². The van der Waals surface area contributed by atoms with Gasteiger partial charge in [-0.3, -0.25) is 14.4 Å². The van der Waals surface area contributed by atoms with Gasteiger partial charge in [0, 0.05) is 44.7 Å². The fourth-order valence-electron chi connectivity index (χ4n) is 6.11. The second-order valence-corrected chi connectivity index (χ2v) is 13.0. The Bertz CT molecular complexity index is 1660. The molecule has 0 aromatic heterocycles. The highest BCUT2D eigenvalue weighted by Crippen LogP contribution is 2.18. The fraction of sp³-hybridized carbons (Fsp3) is 0.375. The van der Waals surface area contributed by atoms with Crippen molar-refractivity contribution in [2.45, 2.75) is 57.7 Å². The van der Waals surface area contributed by atoms with Gasteiger partial charge in [0.25, 0.3) is 5.91 Å². The summed E-state index contributed by atoms with van der Waals surface area (Å²) >= 11 is 0. The van der Waals surface area contributed by atoms with Gasteiger partial charge < -0.3 is 25.8 Å². The molecule has 1 aliphatic heterocycles. The third-order valence-electron chi connectivity index (χ3n) is 9.17. The Kier molecular flexibility index (Phi) is 13.3. The average Bonchev–Trinajstić information content (AvgIpc) is 3.51. The van der Waals surface area contributed by atoms with E-state index in [-0.39, 0.29) is 30.3 Å². The first-order chi connectivity index (χ1) is 23.0. The highest BCUT2D eigenvalue weighted by Gasteiger charge is 2.29. The molecule has 0 spiro atoms. The standard InChI is InChI=1S/C29H41N5O3.C11H10/c1-21(30)23-12-8-13-24(19-23)29(37)33(3)20-27(35)34(4)26(18-22-10-6-5-7-11-22)28(36)31-16-15-25-14-9-17-32(25)2;1-9-6-7-10-4-2-3-5-11(10)8-9/h5-8,10-13,19,21,25-26H,9,14-18,20,30H2,1-4H3,(H,31,36);2-8H,1H3. The minimum Gasteiger partial charge on any atom is -0.354 e. The molecule has 0 bridgehead atoms. The van der Waals surface area contributed by atoms with Crippen LogP contribution >= 0.6 is 0 Å². The first kappa shape index (κ1) is 36.3. The summed E-state index contributed by atoms with van der Waals surface area (Å²) in [6.07, 6.45) is 3.61. The van der Waals surface area contributed by atoms with E-state index in [1.165, 1.54) is 32.6 Å². The number of amides is 3. The van der Waals surface area contributed by atoms with Gasteiger partial charge >= 0.3 is 0 Å². The number of aryl methyl sites for hydroxylation is 1. The SMILES string of the molecule is CC(N)c1cccc(C(=O)N(C)CC(=O)N(C)C(Cc2ccccc2)C(=O)NCCC2CCCN2C)c1.Cc1ccc2ccccc2c1. The van der Waals surface area contributed by atoms with Crippen LogP contribution in [-0.4, -0.2) is 85.3 Å². The Hall–Kier alpha value is -4.53. The minimum atomic E-state index is -0.680. The lowest BCUT2D eigenvalue weighted by molar-refractivity contribution is -0.139. The molecule has 0 aliphatic carbocycles. The zero-order chi connectivity index (χ0) is 34.6. The number of nitrogens with two attached hydrogens (primary N) is 1.